The van der Waals surface area contributed by atoms with E-state index < -0.39 is 0 Å². The Bertz CT molecular complexity index is 455. The molecular weight excluding hydrogens is 316 g/mol. The highest BCUT2D eigenvalue weighted by atomic mass is 79.9. The lowest BCUT2D eigenvalue weighted by Gasteiger charge is -2.39. The molecule has 1 aliphatic rings. The topological polar surface area (TPSA) is 33.1 Å². The van der Waals surface area contributed by atoms with Crippen LogP contribution in [0.25, 0.3) is 0 Å². The van der Waals surface area contributed by atoms with Crippen molar-refractivity contribution in [3.63, 3.8) is 0 Å². The normalized spacial score (nSPS) is 24.6. The van der Waals surface area contributed by atoms with Gasteiger partial charge in [0.25, 0.3) is 0 Å². The maximum atomic E-state index is 4.50. The van der Waals surface area contributed by atoms with Gasteiger partial charge in [0.15, 0.2) is 0 Å². The number of rotatable bonds is 4. The minimum Gasteiger partial charge on any atom is -0.311 e. The van der Waals surface area contributed by atoms with Gasteiger partial charge < -0.3 is 5.32 Å². The minimum absolute atomic E-state index is 0.570. The van der Waals surface area contributed by atoms with Gasteiger partial charge in [-0.2, -0.15) is 5.10 Å². The summed E-state index contributed by atoms with van der Waals surface area (Å²) >= 11 is 3.68. The second kappa shape index (κ2) is 6.58. The van der Waals surface area contributed by atoms with Crippen LogP contribution in [0.15, 0.2) is 4.47 Å². The molecule has 0 spiro atoms. The second-order valence-electron chi connectivity index (χ2n) is 6.48. The largest absolute Gasteiger partial charge is 0.311 e. The summed E-state index contributed by atoms with van der Waals surface area (Å²) in [4.78, 5) is 2.57. The van der Waals surface area contributed by atoms with E-state index in [-0.39, 0.29) is 0 Å². The number of nitrogens with one attached hydrogen (secondary N) is 1. The Hall–Kier alpha value is -0.390. The van der Waals surface area contributed by atoms with Crippen LogP contribution >= 0.6 is 15.9 Å². The van der Waals surface area contributed by atoms with Gasteiger partial charge >= 0.3 is 0 Å². The Morgan fingerprint density at radius 1 is 1.45 bits per heavy atom. The third kappa shape index (κ3) is 3.62. The molecule has 2 rings (SSSR count). The van der Waals surface area contributed by atoms with Crippen molar-refractivity contribution in [2.75, 3.05) is 13.1 Å². The summed E-state index contributed by atoms with van der Waals surface area (Å²) in [5.74, 6) is 0.744. The molecule has 0 aliphatic carbocycles. The van der Waals surface area contributed by atoms with Crippen molar-refractivity contribution >= 4 is 15.9 Å². The summed E-state index contributed by atoms with van der Waals surface area (Å²) in [7, 11) is 2.03. The number of hydrogen-bond acceptors (Lipinski definition) is 3. The Balaban J connectivity index is 2.06. The number of halogens is 1. The van der Waals surface area contributed by atoms with Gasteiger partial charge in [-0.3, -0.25) is 9.58 Å². The van der Waals surface area contributed by atoms with Crippen LogP contribution in [0.3, 0.4) is 0 Å². The number of piperazine rings is 1. The van der Waals surface area contributed by atoms with Gasteiger partial charge in [-0.15, -0.1) is 0 Å². The minimum atomic E-state index is 0.570. The molecule has 1 fully saturated rings. The molecule has 0 amide bonds. The van der Waals surface area contributed by atoms with Crippen molar-refractivity contribution in [1.29, 1.82) is 0 Å². The lowest BCUT2D eigenvalue weighted by molar-refractivity contribution is 0.121. The number of hydrogen-bond donors (Lipinski definition) is 1. The lowest BCUT2D eigenvalue weighted by Crippen LogP contribution is -2.55. The first-order valence-electron chi connectivity index (χ1n) is 7.53. The van der Waals surface area contributed by atoms with Gasteiger partial charge in [0.05, 0.1) is 15.9 Å². The fourth-order valence-corrected chi connectivity index (χ4v) is 3.45. The number of aromatic nitrogens is 2. The summed E-state index contributed by atoms with van der Waals surface area (Å²) in [6, 6.07) is 1.18. The van der Waals surface area contributed by atoms with Crippen LogP contribution in [0, 0.1) is 12.8 Å². The van der Waals surface area contributed by atoms with Crippen molar-refractivity contribution in [3.05, 3.63) is 15.9 Å². The molecule has 1 aromatic heterocycles. The Labute approximate surface area is 131 Å². The Kier molecular flexibility index (Phi) is 5.26. The van der Waals surface area contributed by atoms with Crippen molar-refractivity contribution in [2.24, 2.45) is 13.0 Å². The van der Waals surface area contributed by atoms with Crippen molar-refractivity contribution in [1.82, 2.24) is 20.0 Å². The standard InChI is InChI=1S/C15H27BrN4/c1-10(2)6-13-8-20(11(3)7-17-13)9-14-15(16)12(4)18-19(14)5/h10-11,13,17H,6-9H2,1-5H3. The molecule has 1 saturated heterocycles. The highest BCUT2D eigenvalue weighted by molar-refractivity contribution is 9.10. The lowest BCUT2D eigenvalue weighted by atomic mass is 10.00. The van der Waals surface area contributed by atoms with Crippen LogP contribution in [0.5, 0.6) is 0 Å². The molecule has 0 bridgehead atoms. The molecular formula is C15H27BrN4. The van der Waals surface area contributed by atoms with Gasteiger partial charge in [-0.25, -0.2) is 0 Å². The fraction of sp³-hybridized carbons (Fsp3) is 0.800. The molecule has 5 heteroatoms. The maximum Gasteiger partial charge on any atom is 0.0739 e. The first-order chi connectivity index (χ1) is 9.38. The van der Waals surface area contributed by atoms with Gasteiger partial charge in [0.1, 0.15) is 0 Å². The average Bonchev–Trinajstić information content (AvgIpc) is 2.59. The zero-order valence-electron chi connectivity index (χ0n) is 13.3. The van der Waals surface area contributed by atoms with E-state index in [2.05, 4.69) is 58.9 Å². The zero-order chi connectivity index (χ0) is 14.9. The molecule has 1 aromatic rings. The highest BCUT2D eigenvalue weighted by Crippen LogP contribution is 2.23. The smallest absolute Gasteiger partial charge is 0.0739 e. The highest BCUT2D eigenvalue weighted by Gasteiger charge is 2.27. The summed E-state index contributed by atoms with van der Waals surface area (Å²) < 4.78 is 3.16. The van der Waals surface area contributed by atoms with E-state index >= 15 is 0 Å². The van der Waals surface area contributed by atoms with E-state index in [0.29, 0.717) is 12.1 Å². The molecule has 4 nitrogen and oxygen atoms in total. The predicted octanol–water partition coefficient (Wildman–Crippen LogP) is 2.70. The summed E-state index contributed by atoms with van der Waals surface area (Å²) in [6.45, 7) is 12.1. The van der Waals surface area contributed by atoms with Crippen LogP contribution in [-0.2, 0) is 13.6 Å². The molecule has 2 unspecified atom stereocenters. The first kappa shape index (κ1) is 16.0. The third-order valence-electron chi connectivity index (χ3n) is 4.15. The average molecular weight is 343 g/mol. The second-order valence-corrected chi connectivity index (χ2v) is 7.28. The van der Waals surface area contributed by atoms with Crippen LogP contribution in [0.2, 0.25) is 0 Å². The summed E-state index contributed by atoms with van der Waals surface area (Å²) in [5, 5.41) is 8.17. The van der Waals surface area contributed by atoms with Gasteiger partial charge in [0.2, 0.25) is 0 Å². The summed E-state index contributed by atoms with van der Waals surface area (Å²) in [6.07, 6.45) is 1.24. The van der Waals surface area contributed by atoms with Crippen molar-refractivity contribution in [2.45, 2.75) is 52.7 Å². The van der Waals surface area contributed by atoms with Crippen molar-refractivity contribution in [3.8, 4) is 0 Å². The van der Waals surface area contributed by atoms with Gasteiger partial charge in [0, 0.05) is 38.8 Å². The molecule has 0 radical (unpaired) electrons. The molecule has 1 N–H and O–H groups in total. The molecule has 20 heavy (non-hydrogen) atoms. The molecule has 114 valence electrons. The molecule has 1 aliphatic heterocycles. The SMILES string of the molecule is Cc1nn(C)c(CN2CC(CC(C)C)NCC2C)c1Br. The fourth-order valence-electron chi connectivity index (χ4n) is 2.99. The van der Waals surface area contributed by atoms with Crippen molar-refractivity contribution < 1.29 is 0 Å². The van der Waals surface area contributed by atoms with Gasteiger partial charge in [-0.1, -0.05) is 13.8 Å². The van der Waals surface area contributed by atoms with E-state index in [1.54, 1.807) is 0 Å². The molecule has 0 saturated carbocycles. The van der Waals surface area contributed by atoms with Crippen LogP contribution in [-0.4, -0.2) is 39.9 Å². The molecule has 2 heterocycles. The summed E-state index contributed by atoms with van der Waals surface area (Å²) in [5.41, 5.74) is 2.35. The molecule has 0 aromatic carbocycles. The van der Waals surface area contributed by atoms with Crippen LogP contribution < -0.4 is 5.32 Å². The zero-order valence-corrected chi connectivity index (χ0v) is 14.9. The maximum absolute atomic E-state index is 4.50. The van der Waals surface area contributed by atoms with E-state index in [1.165, 1.54) is 12.1 Å². The molecule has 2 atom stereocenters. The number of aryl methyl sites for hydroxylation is 2. The first-order valence-corrected chi connectivity index (χ1v) is 8.33. The van der Waals surface area contributed by atoms with Crippen LogP contribution in [0.4, 0.5) is 0 Å². The van der Waals surface area contributed by atoms with Crippen LogP contribution in [0.1, 0.15) is 38.6 Å². The van der Waals surface area contributed by atoms with E-state index in [4.69, 9.17) is 0 Å². The Morgan fingerprint density at radius 2 is 2.15 bits per heavy atom. The predicted molar refractivity (Wildman–Crippen MR) is 86.8 cm³/mol. The van der Waals surface area contributed by atoms with E-state index in [1.807, 2.05) is 11.7 Å². The van der Waals surface area contributed by atoms with E-state index in [0.717, 1.165) is 35.7 Å². The van der Waals surface area contributed by atoms with Gasteiger partial charge in [-0.05, 0) is 42.1 Å². The monoisotopic (exact) mass is 342 g/mol. The third-order valence-corrected chi connectivity index (χ3v) is 5.18. The number of nitrogens with zero attached hydrogens (tertiary/aromatic N) is 3. The van der Waals surface area contributed by atoms with E-state index in [9.17, 15) is 0 Å². The Morgan fingerprint density at radius 3 is 2.70 bits per heavy atom. The quantitative estimate of drug-likeness (QED) is 0.913.